The minimum atomic E-state index is -1.71. The Kier molecular flexibility index (Phi) is 7.26. The van der Waals surface area contributed by atoms with Crippen LogP contribution >= 0.6 is 0 Å². The Morgan fingerprint density at radius 3 is 2.11 bits per heavy atom. The second-order valence-electron chi connectivity index (χ2n) is 10.2. The smallest absolute Gasteiger partial charge is 0.409 e. The lowest BCUT2D eigenvalue weighted by molar-refractivity contribution is -0.123. The SMILES string of the molecule is COc1cc(OC)c([C@@]2(NC(=O)OC(C)(C)C)C(=O)N(Cc3ccccc3)c3ccc(C)cc32)c(OC)c1. The summed E-state index contributed by atoms with van der Waals surface area (Å²) >= 11 is 0. The summed E-state index contributed by atoms with van der Waals surface area (Å²) in [5.74, 6) is 0.750. The molecule has 3 aromatic carbocycles. The van der Waals surface area contributed by atoms with Crippen molar-refractivity contribution < 1.29 is 28.5 Å². The molecule has 1 heterocycles. The Morgan fingerprint density at radius 1 is 0.921 bits per heavy atom. The molecule has 1 aliphatic rings. The zero-order valence-corrected chi connectivity index (χ0v) is 22.9. The van der Waals surface area contributed by atoms with E-state index in [1.807, 2.05) is 55.5 Å². The lowest BCUT2D eigenvalue weighted by atomic mass is 9.81. The number of methoxy groups -OCH3 is 3. The van der Waals surface area contributed by atoms with Gasteiger partial charge in [0.1, 0.15) is 22.8 Å². The van der Waals surface area contributed by atoms with Gasteiger partial charge in [-0.25, -0.2) is 4.79 Å². The van der Waals surface area contributed by atoms with E-state index in [-0.39, 0.29) is 5.91 Å². The van der Waals surface area contributed by atoms with E-state index < -0.39 is 17.2 Å². The van der Waals surface area contributed by atoms with Gasteiger partial charge >= 0.3 is 6.09 Å². The number of aryl methyl sites for hydroxylation is 1. The highest BCUT2D eigenvalue weighted by atomic mass is 16.6. The van der Waals surface area contributed by atoms with Crippen molar-refractivity contribution in [3.8, 4) is 17.2 Å². The first kappa shape index (κ1) is 26.9. The molecule has 0 fully saturated rings. The van der Waals surface area contributed by atoms with Gasteiger partial charge in [-0.1, -0.05) is 48.0 Å². The van der Waals surface area contributed by atoms with Gasteiger partial charge in [-0.15, -0.1) is 0 Å². The molecule has 1 N–H and O–H groups in total. The van der Waals surface area contributed by atoms with E-state index in [1.165, 1.54) is 21.3 Å². The number of nitrogens with zero attached hydrogens (tertiary/aromatic N) is 1. The van der Waals surface area contributed by atoms with E-state index in [0.717, 1.165) is 11.1 Å². The number of nitrogens with one attached hydrogen (secondary N) is 1. The molecule has 8 nitrogen and oxygen atoms in total. The van der Waals surface area contributed by atoms with Gasteiger partial charge in [-0.3, -0.25) is 10.1 Å². The number of carbonyl (C=O) groups is 2. The summed E-state index contributed by atoms with van der Waals surface area (Å²) in [6.45, 7) is 7.54. The highest BCUT2D eigenvalue weighted by Crippen LogP contribution is 2.52. The lowest BCUT2D eigenvalue weighted by Gasteiger charge is -2.34. The number of anilines is 1. The molecular weight excluding hydrogens is 484 g/mol. The minimum Gasteiger partial charge on any atom is -0.496 e. The molecule has 0 saturated carbocycles. The number of alkyl carbamates (subject to hydrolysis) is 1. The summed E-state index contributed by atoms with van der Waals surface area (Å²) in [6.07, 6.45) is -0.750. The number of ether oxygens (including phenoxy) is 4. The summed E-state index contributed by atoms with van der Waals surface area (Å²) in [4.78, 5) is 29.8. The molecule has 0 radical (unpaired) electrons. The van der Waals surface area contributed by atoms with Crippen molar-refractivity contribution >= 4 is 17.7 Å². The summed E-state index contributed by atoms with van der Waals surface area (Å²) in [7, 11) is 4.53. The topological polar surface area (TPSA) is 86.3 Å². The third-order valence-corrected chi connectivity index (χ3v) is 6.37. The van der Waals surface area contributed by atoms with Crippen LogP contribution in [0.15, 0.2) is 60.7 Å². The Balaban J connectivity index is 2.03. The van der Waals surface area contributed by atoms with Crippen LogP contribution < -0.4 is 24.4 Å². The van der Waals surface area contributed by atoms with Crippen molar-refractivity contribution in [1.82, 2.24) is 5.32 Å². The monoisotopic (exact) mass is 518 g/mol. The molecule has 1 aliphatic heterocycles. The van der Waals surface area contributed by atoms with Gasteiger partial charge in [0, 0.05) is 17.7 Å². The first-order valence-corrected chi connectivity index (χ1v) is 12.3. The largest absolute Gasteiger partial charge is 0.496 e. The van der Waals surface area contributed by atoms with Crippen molar-refractivity contribution in [2.75, 3.05) is 26.2 Å². The second-order valence-corrected chi connectivity index (χ2v) is 10.2. The van der Waals surface area contributed by atoms with Crippen molar-refractivity contribution in [3.05, 3.63) is 82.9 Å². The van der Waals surface area contributed by atoms with E-state index >= 15 is 0 Å². The minimum absolute atomic E-state index is 0.300. The van der Waals surface area contributed by atoms with Crippen LogP contribution in [-0.2, 0) is 21.6 Å². The molecule has 0 aromatic heterocycles. The van der Waals surface area contributed by atoms with Crippen LogP contribution in [0.1, 0.15) is 43.0 Å². The van der Waals surface area contributed by atoms with Gasteiger partial charge < -0.3 is 23.8 Å². The van der Waals surface area contributed by atoms with Crippen molar-refractivity contribution in [3.63, 3.8) is 0 Å². The average molecular weight is 519 g/mol. The average Bonchev–Trinajstić information content (AvgIpc) is 3.09. The molecule has 8 heteroatoms. The molecule has 0 spiro atoms. The quantitative estimate of drug-likeness (QED) is 0.455. The van der Waals surface area contributed by atoms with E-state index in [2.05, 4.69) is 5.32 Å². The summed E-state index contributed by atoms with van der Waals surface area (Å²) < 4.78 is 22.7. The van der Waals surface area contributed by atoms with E-state index in [9.17, 15) is 9.59 Å². The van der Waals surface area contributed by atoms with Crippen LogP contribution in [-0.4, -0.2) is 38.9 Å². The predicted molar refractivity (Wildman–Crippen MR) is 145 cm³/mol. The lowest BCUT2D eigenvalue weighted by Crippen LogP contribution is -2.55. The Labute approximate surface area is 223 Å². The van der Waals surface area contributed by atoms with Gasteiger partial charge in [0.25, 0.3) is 5.91 Å². The van der Waals surface area contributed by atoms with Crippen molar-refractivity contribution in [2.24, 2.45) is 0 Å². The maximum Gasteiger partial charge on any atom is 0.409 e. The number of fused-ring (bicyclic) bond motifs is 1. The van der Waals surface area contributed by atoms with Crippen molar-refractivity contribution in [2.45, 2.75) is 45.4 Å². The molecule has 0 saturated heterocycles. The highest BCUT2D eigenvalue weighted by molar-refractivity contribution is 6.12. The van der Waals surface area contributed by atoms with E-state index in [4.69, 9.17) is 18.9 Å². The standard InChI is InChI=1S/C30H34N2O6/c1-19-13-14-23-22(15-19)30(31-28(34)38-29(2,3)4,27(33)32(23)18-20-11-9-8-10-12-20)26-24(36-6)16-21(35-5)17-25(26)37-7/h8-17H,18H2,1-7H3,(H,31,34)/t30-/m1/s1. The molecule has 0 bridgehead atoms. The van der Waals surface area contributed by atoms with Gasteiger partial charge in [-0.05, 0) is 39.3 Å². The molecule has 1 atom stereocenters. The Bertz CT molecular complexity index is 1320. The van der Waals surface area contributed by atoms with Crippen molar-refractivity contribution in [1.29, 1.82) is 0 Å². The van der Waals surface area contributed by atoms with E-state index in [0.29, 0.717) is 40.6 Å². The van der Waals surface area contributed by atoms with Gasteiger partial charge in [0.2, 0.25) is 0 Å². The summed E-state index contributed by atoms with van der Waals surface area (Å²) in [5.41, 5.74) is 0.962. The van der Waals surface area contributed by atoms with Crippen LogP contribution in [0.25, 0.3) is 0 Å². The second kappa shape index (κ2) is 10.3. The third kappa shape index (κ3) is 4.86. The maximum absolute atomic E-state index is 14.7. The Hall–Kier alpha value is -4.20. The predicted octanol–water partition coefficient (Wildman–Crippen LogP) is 5.34. The molecule has 3 aromatic rings. The fourth-order valence-electron chi connectivity index (χ4n) is 4.79. The number of hydrogen-bond acceptors (Lipinski definition) is 6. The highest BCUT2D eigenvalue weighted by Gasteiger charge is 2.57. The number of carbonyl (C=O) groups excluding carboxylic acids is 2. The molecule has 200 valence electrons. The molecule has 0 aliphatic carbocycles. The normalized spacial score (nSPS) is 16.6. The van der Waals surface area contributed by atoms with Gasteiger partial charge in [0.05, 0.1) is 39.1 Å². The van der Waals surface area contributed by atoms with Crippen LogP contribution in [0.2, 0.25) is 0 Å². The van der Waals surface area contributed by atoms with Crippen LogP contribution in [0.3, 0.4) is 0 Å². The molecule has 38 heavy (non-hydrogen) atoms. The number of rotatable bonds is 7. The first-order valence-electron chi connectivity index (χ1n) is 12.3. The summed E-state index contributed by atoms with van der Waals surface area (Å²) in [5, 5.41) is 2.95. The number of amides is 2. The third-order valence-electron chi connectivity index (χ3n) is 6.37. The van der Waals surface area contributed by atoms with Crippen LogP contribution in [0, 0.1) is 6.92 Å². The molecule has 2 amide bonds. The van der Waals surface area contributed by atoms with Crippen LogP contribution in [0.4, 0.5) is 10.5 Å². The zero-order chi connectivity index (χ0) is 27.7. The Morgan fingerprint density at radius 2 is 1.55 bits per heavy atom. The fourth-order valence-corrected chi connectivity index (χ4v) is 4.79. The molecule has 4 rings (SSSR count). The van der Waals surface area contributed by atoms with Crippen LogP contribution in [0.5, 0.6) is 17.2 Å². The molecular formula is C30H34N2O6. The number of benzene rings is 3. The fraction of sp³-hybridized carbons (Fsp3) is 0.333. The summed E-state index contributed by atoms with van der Waals surface area (Å²) in [6, 6.07) is 18.8. The first-order chi connectivity index (χ1) is 18.0. The van der Waals surface area contributed by atoms with E-state index in [1.54, 1.807) is 37.8 Å². The number of hydrogen-bond donors (Lipinski definition) is 1. The zero-order valence-electron chi connectivity index (χ0n) is 22.9. The molecule has 0 unspecified atom stereocenters. The maximum atomic E-state index is 14.7. The van der Waals surface area contributed by atoms with Gasteiger partial charge in [0.15, 0.2) is 5.54 Å². The van der Waals surface area contributed by atoms with Gasteiger partial charge in [-0.2, -0.15) is 0 Å².